The summed E-state index contributed by atoms with van der Waals surface area (Å²) < 4.78 is 0. The van der Waals surface area contributed by atoms with Crippen LogP contribution in [0.3, 0.4) is 0 Å². The minimum Gasteiger partial charge on any atom is -0.329 e. The van der Waals surface area contributed by atoms with E-state index in [4.69, 9.17) is 5.73 Å². The summed E-state index contributed by atoms with van der Waals surface area (Å²) in [5.41, 5.74) is 6.57. The van der Waals surface area contributed by atoms with Gasteiger partial charge in [-0.2, -0.15) is 0 Å². The van der Waals surface area contributed by atoms with Crippen molar-refractivity contribution >= 4 is 0 Å². The van der Waals surface area contributed by atoms with E-state index < -0.39 is 0 Å². The van der Waals surface area contributed by atoms with Gasteiger partial charge in [0.05, 0.1) is 0 Å². The second kappa shape index (κ2) is 7.08. The van der Waals surface area contributed by atoms with Gasteiger partial charge in [0.25, 0.3) is 0 Å². The van der Waals surface area contributed by atoms with Crippen molar-refractivity contribution in [1.82, 2.24) is 4.90 Å². The summed E-state index contributed by atoms with van der Waals surface area (Å²) in [5, 5.41) is 0. The summed E-state index contributed by atoms with van der Waals surface area (Å²) in [6.07, 6.45) is 15.3. The van der Waals surface area contributed by atoms with Crippen LogP contribution in [0.5, 0.6) is 0 Å². The van der Waals surface area contributed by atoms with Crippen LogP contribution in [0.4, 0.5) is 0 Å². The molecule has 112 valence electrons. The Morgan fingerprint density at radius 3 is 2.21 bits per heavy atom. The Bertz CT molecular complexity index is 256. The maximum absolute atomic E-state index is 6.26. The molecule has 19 heavy (non-hydrogen) atoms. The Balaban J connectivity index is 2.04. The topological polar surface area (TPSA) is 29.3 Å². The van der Waals surface area contributed by atoms with Gasteiger partial charge in [0, 0.05) is 18.1 Å². The third-order valence-electron chi connectivity index (χ3n) is 5.87. The molecule has 0 spiro atoms. The second-order valence-electron chi connectivity index (χ2n) is 7.23. The van der Waals surface area contributed by atoms with Crippen molar-refractivity contribution in [2.24, 2.45) is 11.7 Å². The highest BCUT2D eigenvalue weighted by molar-refractivity contribution is 4.95. The summed E-state index contributed by atoms with van der Waals surface area (Å²) in [6.45, 7) is 3.28. The van der Waals surface area contributed by atoms with E-state index in [9.17, 15) is 0 Å². The highest BCUT2D eigenvalue weighted by Gasteiger charge is 2.37. The van der Waals surface area contributed by atoms with Crippen LogP contribution in [0, 0.1) is 5.92 Å². The third-order valence-corrected chi connectivity index (χ3v) is 5.87. The molecule has 0 heterocycles. The molecule has 2 heteroatoms. The molecule has 0 radical (unpaired) electrons. The smallest absolute Gasteiger partial charge is 0.0331 e. The van der Waals surface area contributed by atoms with Gasteiger partial charge in [-0.3, -0.25) is 4.90 Å². The average molecular weight is 266 g/mol. The zero-order chi connectivity index (χ0) is 13.7. The molecule has 2 fully saturated rings. The first kappa shape index (κ1) is 15.3. The van der Waals surface area contributed by atoms with E-state index in [1.807, 2.05) is 0 Å². The van der Waals surface area contributed by atoms with E-state index in [-0.39, 0.29) is 0 Å². The van der Waals surface area contributed by atoms with Crippen LogP contribution in [-0.4, -0.2) is 30.1 Å². The number of nitrogens with two attached hydrogens (primary N) is 1. The summed E-state index contributed by atoms with van der Waals surface area (Å²) in [7, 11) is 2.37. The van der Waals surface area contributed by atoms with Gasteiger partial charge >= 0.3 is 0 Å². The molecule has 0 aromatic carbocycles. The third kappa shape index (κ3) is 3.72. The Morgan fingerprint density at radius 1 is 1.00 bits per heavy atom. The fraction of sp³-hybridized carbons (Fsp3) is 1.00. The Hall–Kier alpha value is -0.0800. The molecule has 0 aromatic rings. The summed E-state index contributed by atoms with van der Waals surface area (Å²) in [5.74, 6) is 0.907. The molecule has 2 N–H and O–H groups in total. The van der Waals surface area contributed by atoms with E-state index in [0.29, 0.717) is 5.54 Å². The van der Waals surface area contributed by atoms with Crippen molar-refractivity contribution in [3.05, 3.63) is 0 Å². The monoisotopic (exact) mass is 266 g/mol. The van der Waals surface area contributed by atoms with E-state index in [2.05, 4.69) is 18.9 Å². The molecule has 2 aliphatic carbocycles. The molecule has 0 aliphatic heterocycles. The molecule has 0 bridgehead atoms. The Kier molecular flexibility index (Phi) is 5.70. The molecule has 0 amide bonds. The molecule has 2 saturated carbocycles. The molecule has 2 nitrogen and oxygen atoms in total. The van der Waals surface area contributed by atoms with E-state index in [1.54, 1.807) is 0 Å². The highest BCUT2D eigenvalue weighted by atomic mass is 15.2. The maximum atomic E-state index is 6.26. The lowest BCUT2D eigenvalue weighted by Crippen LogP contribution is -2.57. The zero-order valence-electron chi connectivity index (χ0n) is 13.2. The quantitative estimate of drug-likeness (QED) is 0.838. The lowest BCUT2D eigenvalue weighted by molar-refractivity contribution is 0.0280. The average Bonchev–Trinajstić information content (AvgIpc) is 2.39. The lowest BCUT2D eigenvalue weighted by atomic mass is 9.79. The summed E-state index contributed by atoms with van der Waals surface area (Å²) in [4.78, 5) is 2.72. The normalized spacial score (nSPS) is 32.8. The van der Waals surface area contributed by atoms with Gasteiger partial charge in [-0.05, 0) is 38.6 Å². The predicted octanol–water partition coefficient (Wildman–Crippen LogP) is 3.94. The van der Waals surface area contributed by atoms with Crippen LogP contribution in [-0.2, 0) is 0 Å². The second-order valence-corrected chi connectivity index (χ2v) is 7.23. The SMILES string of the molecule is CC1CCCC(N(C)C2(CN)CCCCCCC2)C1. The first-order chi connectivity index (χ1) is 9.18. The summed E-state index contributed by atoms with van der Waals surface area (Å²) in [6, 6.07) is 0.784. The van der Waals surface area contributed by atoms with Crippen molar-refractivity contribution in [2.45, 2.75) is 89.1 Å². The number of nitrogens with zero attached hydrogens (tertiary/aromatic N) is 1. The Morgan fingerprint density at radius 2 is 1.63 bits per heavy atom. The first-order valence-electron chi connectivity index (χ1n) is 8.61. The molecular formula is C17H34N2. The van der Waals surface area contributed by atoms with Gasteiger partial charge in [-0.1, -0.05) is 51.9 Å². The van der Waals surface area contributed by atoms with Crippen LogP contribution in [0.15, 0.2) is 0 Å². The molecule has 0 saturated heterocycles. The first-order valence-corrected chi connectivity index (χ1v) is 8.61. The van der Waals surface area contributed by atoms with E-state index in [0.717, 1.165) is 18.5 Å². The number of likely N-dealkylation sites (N-methyl/N-ethyl adjacent to an activating group) is 1. The van der Waals surface area contributed by atoms with Gasteiger partial charge in [-0.25, -0.2) is 0 Å². The lowest BCUT2D eigenvalue weighted by Gasteiger charge is -2.48. The molecular weight excluding hydrogens is 232 g/mol. The fourth-order valence-corrected chi connectivity index (χ4v) is 4.41. The van der Waals surface area contributed by atoms with Crippen LogP contribution in [0.1, 0.15) is 77.6 Å². The van der Waals surface area contributed by atoms with Gasteiger partial charge in [0.2, 0.25) is 0 Å². The van der Waals surface area contributed by atoms with Crippen LogP contribution in [0.2, 0.25) is 0 Å². The minimum atomic E-state index is 0.308. The predicted molar refractivity (Wildman–Crippen MR) is 83.3 cm³/mol. The van der Waals surface area contributed by atoms with E-state index in [1.165, 1.54) is 70.6 Å². The van der Waals surface area contributed by atoms with Crippen molar-refractivity contribution in [2.75, 3.05) is 13.6 Å². The van der Waals surface area contributed by atoms with Gasteiger partial charge in [-0.15, -0.1) is 0 Å². The van der Waals surface area contributed by atoms with Crippen molar-refractivity contribution in [3.8, 4) is 0 Å². The van der Waals surface area contributed by atoms with Gasteiger partial charge in [0.15, 0.2) is 0 Å². The molecule has 2 atom stereocenters. The number of hydrogen-bond donors (Lipinski definition) is 1. The molecule has 2 unspecified atom stereocenters. The van der Waals surface area contributed by atoms with Crippen molar-refractivity contribution < 1.29 is 0 Å². The molecule has 2 aliphatic rings. The Labute approximate surface area is 120 Å². The maximum Gasteiger partial charge on any atom is 0.0331 e. The van der Waals surface area contributed by atoms with Gasteiger partial charge in [0.1, 0.15) is 0 Å². The summed E-state index contributed by atoms with van der Waals surface area (Å²) >= 11 is 0. The van der Waals surface area contributed by atoms with Crippen molar-refractivity contribution in [3.63, 3.8) is 0 Å². The fourth-order valence-electron chi connectivity index (χ4n) is 4.41. The highest BCUT2D eigenvalue weighted by Crippen LogP contribution is 2.36. The molecule has 0 aromatic heterocycles. The molecule has 2 rings (SSSR count). The standard InChI is InChI=1S/C17H34N2/c1-15-9-8-10-16(13-15)19(2)17(14-18)11-6-4-3-5-7-12-17/h15-16H,3-14,18H2,1-2H3. The number of rotatable bonds is 3. The van der Waals surface area contributed by atoms with Crippen LogP contribution in [0.25, 0.3) is 0 Å². The van der Waals surface area contributed by atoms with Crippen LogP contribution < -0.4 is 5.73 Å². The zero-order valence-corrected chi connectivity index (χ0v) is 13.2. The van der Waals surface area contributed by atoms with E-state index >= 15 is 0 Å². The van der Waals surface area contributed by atoms with Crippen molar-refractivity contribution in [1.29, 1.82) is 0 Å². The largest absolute Gasteiger partial charge is 0.329 e. The van der Waals surface area contributed by atoms with Gasteiger partial charge < -0.3 is 5.73 Å². The number of hydrogen-bond acceptors (Lipinski definition) is 2. The van der Waals surface area contributed by atoms with Crippen LogP contribution >= 0.6 is 0 Å². The minimum absolute atomic E-state index is 0.308.